The molecule has 0 spiro atoms. The molecule has 0 aliphatic heterocycles. The highest BCUT2D eigenvalue weighted by molar-refractivity contribution is 5.65. The molecule has 21 heavy (non-hydrogen) atoms. The number of ether oxygens (including phenoxy) is 1. The van der Waals surface area contributed by atoms with Gasteiger partial charge in [-0.05, 0) is 49.2 Å². The summed E-state index contributed by atoms with van der Waals surface area (Å²) in [6, 6.07) is 15.1. The Kier molecular flexibility index (Phi) is 4.66. The van der Waals surface area contributed by atoms with Crippen LogP contribution in [0.3, 0.4) is 0 Å². The number of benzene rings is 2. The fourth-order valence-corrected chi connectivity index (χ4v) is 2.03. The van der Waals surface area contributed by atoms with Gasteiger partial charge in [0.2, 0.25) is 0 Å². The third-order valence-electron chi connectivity index (χ3n) is 3.02. The first-order valence-electron chi connectivity index (χ1n) is 6.59. The summed E-state index contributed by atoms with van der Waals surface area (Å²) in [5.74, 6) is 0. The van der Waals surface area contributed by atoms with Crippen molar-refractivity contribution >= 4 is 17.5 Å². The smallest absolute Gasteiger partial charge is 0.405 e. The molecule has 0 aliphatic rings. The Morgan fingerprint density at radius 1 is 1.10 bits per heavy atom. The summed E-state index contributed by atoms with van der Waals surface area (Å²) in [7, 11) is 0. The molecule has 0 fully saturated rings. The van der Waals surface area contributed by atoms with Gasteiger partial charge in [0.15, 0.2) is 0 Å². The number of nitrogens with zero attached hydrogens (tertiary/aromatic N) is 2. The standard InChI is InChI=1S/C16H17N3O2/c1-11-10-14(19-18-13-6-4-3-5-7-13)8-9-15(11)12(2)21-16(17)20/h3-10,12H,1-2H3,(H2,17,20). The summed E-state index contributed by atoms with van der Waals surface area (Å²) < 4.78 is 4.97. The van der Waals surface area contributed by atoms with Crippen LogP contribution in [0.4, 0.5) is 16.2 Å². The van der Waals surface area contributed by atoms with Crippen molar-refractivity contribution in [3.05, 3.63) is 59.7 Å². The summed E-state index contributed by atoms with van der Waals surface area (Å²) >= 11 is 0. The number of primary amides is 1. The van der Waals surface area contributed by atoms with Gasteiger partial charge >= 0.3 is 6.09 Å². The van der Waals surface area contributed by atoms with E-state index in [4.69, 9.17) is 10.5 Å². The molecule has 1 amide bonds. The van der Waals surface area contributed by atoms with Gasteiger partial charge < -0.3 is 10.5 Å². The van der Waals surface area contributed by atoms with Crippen LogP contribution in [0.5, 0.6) is 0 Å². The van der Waals surface area contributed by atoms with Gasteiger partial charge in [-0.15, -0.1) is 0 Å². The molecule has 2 rings (SSSR count). The van der Waals surface area contributed by atoms with Crippen LogP contribution in [0.15, 0.2) is 58.8 Å². The average Bonchev–Trinajstić information content (AvgIpc) is 2.45. The second kappa shape index (κ2) is 6.65. The zero-order valence-electron chi connectivity index (χ0n) is 12.0. The first-order chi connectivity index (χ1) is 10.1. The summed E-state index contributed by atoms with van der Waals surface area (Å²) in [6.07, 6.45) is -1.17. The molecular formula is C16H17N3O2. The van der Waals surface area contributed by atoms with Gasteiger partial charge in [-0.2, -0.15) is 10.2 Å². The molecule has 1 atom stereocenters. The Hall–Kier alpha value is -2.69. The number of aryl methyl sites for hydroxylation is 1. The Morgan fingerprint density at radius 2 is 1.76 bits per heavy atom. The van der Waals surface area contributed by atoms with Gasteiger partial charge in [0, 0.05) is 0 Å². The molecular weight excluding hydrogens is 266 g/mol. The number of azo groups is 1. The summed E-state index contributed by atoms with van der Waals surface area (Å²) in [6.45, 7) is 3.70. The highest BCUT2D eigenvalue weighted by Gasteiger charge is 2.11. The molecule has 0 saturated carbocycles. The summed E-state index contributed by atoms with van der Waals surface area (Å²) in [5, 5.41) is 8.35. The molecule has 0 radical (unpaired) electrons. The number of amides is 1. The van der Waals surface area contributed by atoms with Gasteiger partial charge in [-0.1, -0.05) is 24.3 Å². The van der Waals surface area contributed by atoms with E-state index in [0.717, 1.165) is 22.5 Å². The van der Waals surface area contributed by atoms with Crippen molar-refractivity contribution in [2.75, 3.05) is 0 Å². The van der Waals surface area contributed by atoms with Crippen LogP contribution >= 0.6 is 0 Å². The lowest BCUT2D eigenvalue weighted by atomic mass is 10.0. The van der Waals surface area contributed by atoms with Crippen molar-refractivity contribution in [1.82, 2.24) is 0 Å². The largest absolute Gasteiger partial charge is 0.442 e. The third kappa shape index (κ3) is 4.14. The van der Waals surface area contributed by atoms with E-state index in [2.05, 4.69) is 10.2 Å². The molecule has 108 valence electrons. The molecule has 0 heterocycles. The van der Waals surface area contributed by atoms with E-state index >= 15 is 0 Å². The predicted molar refractivity (Wildman–Crippen MR) is 80.9 cm³/mol. The lowest BCUT2D eigenvalue weighted by Crippen LogP contribution is -2.16. The highest BCUT2D eigenvalue weighted by Crippen LogP contribution is 2.26. The van der Waals surface area contributed by atoms with Crippen LogP contribution in [-0.2, 0) is 4.74 Å². The molecule has 0 aliphatic carbocycles. The van der Waals surface area contributed by atoms with E-state index in [1.165, 1.54) is 0 Å². The van der Waals surface area contributed by atoms with Gasteiger partial charge in [0.1, 0.15) is 6.10 Å². The van der Waals surface area contributed by atoms with Gasteiger partial charge in [-0.3, -0.25) is 0 Å². The van der Waals surface area contributed by atoms with Gasteiger partial charge in [-0.25, -0.2) is 4.79 Å². The van der Waals surface area contributed by atoms with Crippen molar-refractivity contribution in [3.63, 3.8) is 0 Å². The second-order valence-electron chi connectivity index (χ2n) is 4.66. The Balaban J connectivity index is 2.15. The van der Waals surface area contributed by atoms with E-state index in [-0.39, 0.29) is 6.10 Å². The normalized spacial score (nSPS) is 12.3. The summed E-state index contributed by atoms with van der Waals surface area (Å²) in [4.78, 5) is 10.8. The molecule has 2 N–H and O–H groups in total. The molecule has 1 unspecified atom stereocenters. The lowest BCUT2D eigenvalue weighted by Gasteiger charge is -2.14. The Bertz CT molecular complexity index is 654. The third-order valence-corrected chi connectivity index (χ3v) is 3.02. The zero-order valence-corrected chi connectivity index (χ0v) is 12.0. The van der Waals surface area contributed by atoms with Crippen LogP contribution in [0.1, 0.15) is 24.2 Å². The number of nitrogens with two attached hydrogens (primary N) is 1. The topological polar surface area (TPSA) is 77.0 Å². The molecule has 0 aromatic heterocycles. The maximum Gasteiger partial charge on any atom is 0.405 e. The number of rotatable bonds is 4. The quantitative estimate of drug-likeness (QED) is 0.834. The van der Waals surface area contributed by atoms with E-state index in [0.29, 0.717) is 0 Å². The molecule has 2 aromatic carbocycles. The van der Waals surface area contributed by atoms with Crippen molar-refractivity contribution in [2.45, 2.75) is 20.0 Å². The maximum absolute atomic E-state index is 10.8. The lowest BCUT2D eigenvalue weighted by molar-refractivity contribution is 0.116. The number of hydrogen-bond acceptors (Lipinski definition) is 4. The highest BCUT2D eigenvalue weighted by atomic mass is 16.6. The van der Waals surface area contributed by atoms with Gasteiger partial charge in [0.25, 0.3) is 0 Å². The minimum absolute atomic E-state index is 0.386. The molecule has 0 bridgehead atoms. The fourth-order valence-electron chi connectivity index (χ4n) is 2.03. The Morgan fingerprint density at radius 3 is 2.38 bits per heavy atom. The minimum atomic E-state index is -0.783. The Labute approximate surface area is 123 Å². The van der Waals surface area contributed by atoms with Crippen LogP contribution in [0.25, 0.3) is 0 Å². The SMILES string of the molecule is Cc1cc(N=Nc2ccccc2)ccc1C(C)OC(N)=O. The molecule has 5 nitrogen and oxygen atoms in total. The zero-order chi connectivity index (χ0) is 15.2. The van der Waals surface area contributed by atoms with Crippen molar-refractivity contribution in [1.29, 1.82) is 0 Å². The van der Waals surface area contributed by atoms with Crippen molar-refractivity contribution in [2.24, 2.45) is 16.0 Å². The number of carbonyl (C=O) groups excluding carboxylic acids is 1. The minimum Gasteiger partial charge on any atom is -0.442 e. The summed E-state index contributed by atoms with van der Waals surface area (Å²) in [5.41, 5.74) is 8.43. The average molecular weight is 283 g/mol. The van der Waals surface area contributed by atoms with Crippen molar-refractivity contribution in [3.8, 4) is 0 Å². The molecule has 2 aromatic rings. The van der Waals surface area contributed by atoms with Crippen LogP contribution < -0.4 is 5.73 Å². The van der Waals surface area contributed by atoms with E-state index in [1.807, 2.05) is 55.5 Å². The van der Waals surface area contributed by atoms with Crippen LogP contribution in [0, 0.1) is 6.92 Å². The first-order valence-corrected chi connectivity index (χ1v) is 6.59. The molecule has 5 heteroatoms. The van der Waals surface area contributed by atoms with Gasteiger partial charge in [0.05, 0.1) is 11.4 Å². The first kappa shape index (κ1) is 14.7. The fraction of sp³-hybridized carbons (Fsp3) is 0.188. The van der Waals surface area contributed by atoms with E-state index in [9.17, 15) is 4.79 Å². The van der Waals surface area contributed by atoms with Crippen molar-refractivity contribution < 1.29 is 9.53 Å². The monoisotopic (exact) mass is 283 g/mol. The second-order valence-corrected chi connectivity index (χ2v) is 4.66. The molecule has 0 saturated heterocycles. The van der Waals surface area contributed by atoms with Crippen LogP contribution in [0.2, 0.25) is 0 Å². The van der Waals surface area contributed by atoms with Crippen LogP contribution in [-0.4, -0.2) is 6.09 Å². The maximum atomic E-state index is 10.8. The predicted octanol–water partition coefficient (Wildman–Crippen LogP) is 4.57. The number of carbonyl (C=O) groups is 1. The van der Waals surface area contributed by atoms with E-state index in [1.54, 1.807) is 6.92 Å². The number of hydrogen-bond donors (Lipinski definition) is 1. The van der Waals surface area contributed by atoms with E-state index < -0.39 is 6.09 Å².